The van der Waals surface area contributed by atoms with Gasteiger partial charge in [-0.2, -0.15) is 4.68 Å². The number of hydrogen-bond acceptors (Lipinski definition) is 7. The molecule has 5 rings (SSSR count). The summed E-state index contributed by atoms with van der Waals surface area (Å²) in [6, 6.07) is 11.1. The number of halogens is 1. The summed E-state index contributed by atoms with van der Waals surface area (Å²) in [5.41, 5.74) is 1.67. The highest BCUT2D eigenvalue weighted by Gasteiger charge is 2.28. The van der Waals surface area contributed by atoms with Crippen molar-refractivity contribution in [3.8, 4) is 11.4 Å². The predicted octanol–water partition coefficient (Wildman–Crippen LogP) is 2.93. The van der Waals surface area contributed by atoms with Crippen LogP contribution >= 0.6 is 23.4 Å². The van der Waals surface area contributed by atoms with Gasteiger partial charge in [-0.25, -0.2) is 14.6 Å². The highest BCUT2D eigenvalue weighted by molar-refractivity contribution is 7.99. The fourth-order valence-corrected chi connectivity index (χ4v) is 4.31. The molecule has 0 unspecified atom stereocenters. The molecule has 0 spiro atoms. The van der Waals surface area contributed by atoms with Crippen molar-refractivity contribution in [2.24, 2.45) is 7.05 Å². The van der Waals surface area contributed by atoms with Crippen LogP contribution in [-0.4, -0.2) is 39.5 Å². The van der Waals surface area contributed by atoms with Crippen molar-refractivity contribution in [1.29, 1.82) is 0 Å². The Morgan fingerprint density at radius 1 is 1.17 bits per heavy atom. The number of para-hydroxylation sites is 1. The highest BCUT2D eigenvalue weighted by atomic mass is 35.5. The van der Waals surface area contributed by atoms with E-state index in [-0.39, 0.29) is 5.56 Å². The Balaban J connectivity index is 1.57. The number of aromatic nitrogens is 8. The minimum Gasteiger partial charge on any atom is -0.283 e. The van der Waals surface area contributed by atoms with E-state index < -0.39 is 0 Å². The van der Waals surface area contributed by atoms with Crippen molar-refractivity contribution in [3.63, 3.8) is 0 Å². The van der Waals surface area contributed by atoms with E-state index in [0.717, 1.165) is 30.0 Å². The second-order valence-electron chi connectivity index (χ2n) is 7.05. The Bertz CT molecular complexity index is 1290. The fourth-order valence-electron chi connectivity index (χ4n) is 3.26. The molecular formula is C19H17ClN8OS. The molecule has 9 nitrogen and oxygen atoms in total. The average Bonchev–Trinajstić information content (AvgIpc) is 3.45. The summed E-state index contributed by atoms with van der Waals surface area (Å²) in [4.78, 5) is 22.2. The maximum Gasteiger partial charge on any atom is 0.297 e. The van der Waals surface area contributed by atoms with Crippen LogP contribution < -0.4 is 5.56 Å². The normalized spacial score (nSPS) is 13.7. The molecule has 1 aliphatic rings. The van der Waals surface area contributed by atoms with Crippen LogP contribution in [0.1, 0.15) is 30.3 Å². The molecule has 0 N–H and O–H groups in total. The Labute approximate surface area is 180 Å². The van der Waals surface area contributed by atoms with Crippen molar-refractivity contribution in [2.45, 2.75) is 35.9 Å². The van der Waals surface area contributed by atoms with Crippen molar-refractivity contribution in [2.75, 3.05) is 0 Å². The van der Waals surface area contributed by atoms with Gasteiger partial charge in [0.1, 0.15) is 16.0 Å². The summed E-state index contributed by atoms with van der Waals surface area (Å²) in [6.45, 7) is 1.86. The molecule has 0 aliphatic heterocycles. The molecule has 30 heavy (non-hydrogen) atoms. The largest absolute Gasteiger partial charge is 0.297 e. The Kier molecular flexibility index (Phi) is 4.67. The van der Waals surface area contributed by atoms with Crippen molar-refractivity contribution in [1.82, 2.24) is 39.5 Å². The van der Waals surface area contributed by atoms with Gasteiger partial charge in [0.15, 0.2) is 5.69 Å². The van der Waals surface area contributed by atoms with E-state index in [2.05, 4.69) is 25.5 Å². The molecule has 4 aromatic rings. The number of tetrazole rings is 1. The first kappa shape index (κ1) is 19.0. The van der Waals surface area contributed by atoms with Crippen LogP contribution in [0.5, 0.6) is 0 Å². The van der Waals surface area contributed by atoms with Gasteiger partial charge in [0, 0.05) is 19.0 Å². The van der Waals surface area contributed by atoms with E-state index in [4.69, 9.17) is 11.6 Å². The topological polar surface area (TPSA) is 96.3 Å². The van der Waals surface area contributed by atoms with Crippen LogP contribution in [0.4, 0.5) is 0 Å². The lowest BCUT2D eigenvalue weighted by molar-refractivity contribution is 0.630. The van der Waals surface area contributed by atoms with Gasteiger partial charge in [0.05, 0.1) is 11.4 Å². The summed E-state index contributed by atoms with van der Waals surface area (Å²) in [7, 11) is 1.83. The zero-order valence-electron chi connectivity index (χ0n) is 16.2. The predicted molar refractivity (Wildman–Crippen MR) is 112 cm³/mol. The molecule has 11 heteroatoms. The molecule has 3 heterocycles. The number of hydrogen-bond donors (Lipinski definition) is 0. The third-order valence-electron chi connectivity index (χ3n) is 5.00. The first-order valence-electron chi connectivity index (χ1n) is 9.38. The molecule has 152 valence electrons. The van der Waals surface area contributed by atoms with Crippen LogP contribution in [0.25, 0.3) is 11.4 Å². The Morgan fingerprint density at radius 3 is 2.67 bits per heavy atom. The Morgan fingerprint density at radius 2 is 1.93 bits per heavy atom. The Hall–Kier alpha value is -2.98. The molecule has 3 aromatic heterocycles. The number of nitrogens with zero attached hydrogens (tertiary/aromatic N) is 8. The van der Waals surface area contributed by atoms with Gasteiger partial charge in [-0.3, -0.25) is 9.48 Å². The minimum atomic E-state index is -0.213. The van der Waals surface area contributed by atoms with Crippen LogP contribution in [0.3, 0.4) is 0 Å². The van der Waals surface area contributed by atoms with E-state index in [0.29, 0.717) is 26.9 Å². The molecule has 0 saturated heterocycles. The minimum absolute atomic E-state index is 0.213. The van der Waals surface area contributed by atoms with E-state index in [1.807, 2.05) is 44.3 Å². The summed E-state index contributed by atoms with van der Waals surface area (Å²) in [6.07, 6.45) is 2.15. The highest BCUT2D eigenvalue weighted by Crippen LogP contribution is 2.39. The van der Waals surface area contributed by atoms with Crippen LogP contribution in [0, 0.1) is 6.92 Å². The van der Waals surface area contributed by atoms with Crippen LogP contribution in [0.15, 0.2) is 51.4 Å². The van der Waals surface area contributed by atoms with Gasteiger partial charge >= 0.3 is 0 Å². The summed E-state index contributed by atoms with van der Waals surface area (Å²) in [5.74, 6) is 1.11. The first-order valence-corrected chi connectivity index (χ1v) is 10.6. The quantitative estimate of drug-likeness (QED) is 0.440. The van der Waals surface area contributed by atoms with E-state index in [1.165, 1.54) is 16.4 Å². The van der Waals surface area contributed by atoms with E-state index >= 15 is 0 Å². The molecule has 0 radical (unpaired) electrons. The molecule has 1 aliphatic carbocycles. The molecule has 1 saturated carbocycles. The van der Waals surface area contributed by atoms with Gasteiger partial charge in [-0.05, 0) is 54.1 Å². The molecule has 0 amide bonds. The molecule has 1 aromatic carbocycles. The van der Waals surface area contributed by atoms with Gasteiger partial charge in [0.2, 0.25) is 5.16 Å². The summed E-state index contributed by atoms with van der Waals surface area (Å²) >= 11 is 7.43. The van der Waals surface area contributed by atoms with Crippen LogP contribution in [-0.2, 0) is 7.05 Å². The summed E-state index contributed by atoms with van der Waals surface area (Å²) < 4.78 is 4.83. The standard InChI is InChI=1S/C19H17ClN8OS/c1-11-16(18(29)28(26(11)2)13-6-4-3-5-7-13)27-19(23-24-25-27)30-15-10-14(20)21-17(22-15)12-8-9-12/h3-7,10,12H,8-9H2,1-2H3. The molecule has 0 bridgehead atoms. The van der Waals surface area contributed by atoms with Crippen LogP contribution in [0.2, 0.25) is 5.15 Å². The third-order valence-corrected chi connectivity index (χ3v) is 6.05. The SMILES string of the molecule is Cc1c(-n2nnnc2Sc2cc(Cl)nc(C3CC3)n2)c(=O)n(-c2ccccc2)n1C. The van der Waals surface area contributed by atoms with Gasteiger partial charge in [-0.15, -0.1) is 5.10 Å². The maximum absolute atomic E-state index is 13.3. The molecule has 1 fully saturated rings. The lowest BCUT2D eigenvalue weighted by Crippen LogP contribution is -2.22. The zero-order chi connectivity index (χ0) is 20.8. The van der Waals surface area contributed by atoms with Crippen molar-refractivity contribution < 1.29 is 0 Å². The molecule has 0 atom stereocenters. The smallest absolute Gasteiger partial charge is 0.283 e. The summed E-state index contributed by atoms with van der Waals surface area (Å²) in [5, 5.41) is 13.4. The molecular weight excluding hydrogens is 424 g/mol. The second-order valence-corrected chi connectivity index (χ2v) is 8.42. The van der Waals surface area contributed by atoms with E-state index in [9.17, 15) is 4.79 Å². The average molecular weight is 441 g/mol. The zero-order valence-corrected chi connectivity index (χ0v) is 17.8. The number of rotatable bonds is 5. The van der Waals surface area contributed by atoms with Gasteiger partial charge in [0.25, 0.3) is 5.56 Å². The lowest BCUT2D eigenvalue weighted by atomic mass is 10.3. The monoisotopic (exact) mass is 440 g/mol. The van der Waals surface area contributed by atoms with Gasteiger partial charge in [-0.1, -0.05) is 29.8 Å². The lowest BCUT2D eigenvalue weighted by Gasteiger charge is -2.07. The first-order chi connectivity index (χ1) is 14.5. The third kappa shape index (κ3) is 3.31. The fraction of sp³-hybridized carbons (Fsp3) is 0.263. The van der Waals surface area contributed by atoms with Crippen molar-refractivity contribution in [3.05, 3.63) is 63.4 Å². The van der Waals surface area contributed by atoms with E-state index in [1.54, 1.807) is 15.4 Å². The number of benzene rings is 1. The van der Waals surface area contributed by atoms with Gasteiger partial charge < -0.3 is 0 Å². The maximum atomic E-state index is 13.3. The second kappa shape index (κ2) is 7.37. The van der Waals surface area contributed by atoms with Crippen molar-refractivity contribution >= 4 is 23.4 Å².